The predicted molar refractivity (Wildman–Crippen MR) is 74.0 cm³/mol. The maximum atomic E-state index is 6.10. The van der Waals surface area contributed by atoms with Gasteiger partial charge in [0.2, 0.25) is 0 Å². The molecule has 1 heterocycles. The Morgan fingerprint density at radius 2 is 1.78 bits per heavy atom. The Labute approximate surface area is 120 Å². The first-order valence-corrected chi connectivity index (χ1v) is 6.41. The van der Waals surface area contributed by atoms with Gasteiger partial charge in [0.25, 0.3) is 0 Å². The highest BCUT2D eigenvalue weighted by Crippen LogP contribution is 2.31. The molecule has 0 amide bonds. The van der Waals surface area contributed by atoms with Gasteiger partial charge >= 0.3 is 0 Å². The molecule has 2 rings (SSSR count). The lowest BCUT2D eigenvalue weighted by molar-refractivity contribution is 0.670. The van der Waals surface area contributed by atoms with Crippen molar-refractivity contribution in [3.63, 3.8) is 0 Å². The summed E-state index contributed by atoms with van der Waals surface area (Å²) in [7, 11) is 0. The molecule has 0 fully saturated rings. The molecule has 3 nitrogen and oxygen atoms in total. The zero-order valence-corrected chi connectivity index (χ0v) is 11.6. The zero-order chi connectivity index (χ0) is 13.0. The second kappa shape index (κ2) is 6.34. The van der Waals surface area contributed by atoms with Crippen LogP contribution in [-0.2, 0) is 13.1 Å². The number of hydrogen-bond acceptors (Lipinski definition) is 3. The molecule has 0 atom stereocenters. The molecule has 0 aliphatic heterocycles. The smallest absolute Gasteiger partial charge is 0.0769 e. The van der Waals surface area contributed by atoms with Crippen LogP contribution in [-0.4, -0.2) is 10.2 Å². The van der Waals surface area contributed by atoms with E-state index in [9.17, 15) is 0 Å². The van der Waals surface area contributed by atoms with Crippen LogP contribution in [0.5, 0.6) is 0 Å². The molecular weight excluding hydrogens is 293 g/mol. The van der Waals surface area contributed by atoms with Crippen LogP contribution in [0.25, 0.3) is 0 Å². The fourth-order valence-corrected chi connectivity index (χ4v) is 2.16. The average Bonchev–Trinajstić information content (AvgIpc) is 2.39. The van der Waals surface area contributed by atoms with Gasteiger partial charge in [-0.3, -0.25) is 0 Å². The van der Waals surface area contributed by atoms with Crippen molar-refractivity contribution in [2.75, 3.05) is 0 Å². The lowest BCUT2D eigenvalue weighted by Gasteiger charge is -2.09. The molecule has 1 aromatic heterocycles. The maximum absolute atomic E-state index is 6.10. The van der Waals surface area contributed by atoms with Gasteiger partial charge in [0.15, 0.2) is 0 Å². The van der Waals surface area contributed by atoms with Crippen LogP contribution in [0, 0.1) is 0 Å². The number of nitrogens with one attached hydrogen (secondary N) is 1. The van der Waals surface area contributed by atoms with Crippen molar-refractivity contribution >= 4 is 34.8 Å². The molecule has 0 unspecified atom stereocenters. The van der Waals surface area contributed by atoms with Crippen LogP contribution in [0.1, 0.15) is 11.3 Å². The molecule has 0 saturated heterocycles. The van der Waals surface area contributed by atoms with Crippen molar-refractivity contribution in [3.05, 3.63) is 56.8 Å². The monoisotopic (exact) mass is 301 g/mol. The first-order chi connectivity index (χ1) is 8.68. The highest BCUT2D eigenvalue weighted by Gasteiger charge is 2.09. The number of benzene rings is 1. The quantitative estimate of drug-likeness (QED) is 0.875. The number of aromatic nitrogens is 2. The van der Waals surface area contributed by atoms with E-state index in [1.54, 1.807) is 18.3 Å². The Morgan fingerprint density at radius 1 is 1.00 bits per heavy atom. The van der Waals surface area contributed by atoms with Gasteiger partial charge in [0.05, 0.1) is 15.7 Å². The largest absolute Gasteiger partial charge is 0.307 e. The van der Waals surface area contributed by atoms with Crippen molar-refractivity contribution in [3.8, 4) is 0 Å². The molecule has 0 aliphatic rings. The van der Waals surface area contributed by atoms with Crippen LogP contribution in [0.15, 0.2) is 30.5 Å². The van der Waals surface area contributed by atoms with E-state index in [0.717, 1.165) is 11.3 Å². The summed E-state index contributed by atoms with van der Waals surface area (Å²) < 4.78 is 0. The Hall–Kier alpha value is -0.870. The zero-order valence-electron chi connectivity index (χ0n) is 9.33. The second-order valence-electron chi connectivity index (χ2n) is 3.64. The van der Waals surface area contributed by atoms with Crippen molar-refractivity contribution in [2.24, 2.45) is 0 Å². The number of hydrogen-bond donors (Lipinski definition) is 1. The van der Waals surface area contributed by atoms with Gasteiger partial charge in [-0.05, 0) is 24.3 Å². The van der Waals surface area contributed by atoms with Crippen LogP contribution in [0.3, 0.4) is 0 Å². The third-order valence-electron chi connectivity index (χ3n) is 2.37. The van der Waals surface area contributed by atoms with E-state index in [-0.39, 0.29) is 0 Å². The van der Waals surface area contributed by atoms with Gasteiger partial charge in [0.1, 0.15) is 0 Å². The SMILES string of the molecule is Clc1ccc(Cl)c(CNCc2cccnn2)c1Cl. The van der Waals surface area contributed by atoms with E-state index < -0.39 is 0 Å². The minimum atomic E-state index is 0.482. The van der Waals surface area contributed by atoms with E-state index in [0.29, 0.717) is 28.2 Å². The lowest BCUT2D eigenvalue weighted by Crippen LogP contribution is -2.14. The first kappa shape index (κ1) is 13.6. The van der Waals surface area contributed by atoms with Crippen LogP contribution in [0.2, 0.25) is 15.1 Å². The molecule has 0 saturated carbocycles. The third kappa shape index (κ3) is 3.33. The second-order valence-corrected chi connectivity index (χ2v) is 4.83. The molecule has 1 aromatic carbocycles. The normalized spacial score (nSPS) is 10.6. The standard InChI is InChI=1S/C12H10Cl3N3/c13-10-3-4-11(14)12(15)9(10)7-16-6-8-2-1-5-17-18-8/h1-5,16H,6-7H2. The van der Waals surface area contributed by atoms with E-state index in [1.165, 1.54) is 0 Å². The van der Waals surface area contributed by atoms with Gasteiger partial charge < -0.3 is 5.32 Å². The Bertz CT molecular complexity index is 532. The molecule has 0 aliphatic carbocycles. The maximum Gasteiger partial charge on any atom is 0.0769 e. The lowest BCUT2D eigenvalue weighted by atomic mass is 10.2. The third-order valence-corrected chi connectivity index (χ3v) is 3.57. The summed E-state index contributed by atoms with van der Waals surface area (Å²) >= 11 is 18.1. The average molecular weight is 303 g/mol. The Balaban J connectivity index is 2.01. The van der Waals surface area contributed by atoms with Crippen molar-refractivity contribution in [2.45, 2.75) is 13.1 Å². The molecule has 0 bridgehead atoms. The highest BCUT2D eigenvalue weighted by atomic mass is 35.5. The van der Waals surface area contributed by atoms with Crippen molar-refractivity contribution in [1.29, 1.82) is 0 Å². The summed E-state index contributed by atoms with van der Waals surface area (Å²) in [6.07, 6.45) is 1.63. The molecule has 94 valence electrons. The van der Waals surface area contributed by atoms with Crippen LogP contribution in [0.4, 0.5) is 0 Å². The number of halogens is 3. The molecule has 0 radical (unpaired) electrons. The van der Waals surface area contributed by atoms with Crippen molar-refractivity contribution in [1.82, 2.24) is 15.5 Å². The molecule has 6 heteroatoms. The van der Waals surface area contributed by atoms with Gasteiger partial charge in [-0.25, -0.2) is 0 Å². The van der Waals surface area contributed by atoms with Crippen LogP contribution < -0.4 is 5.32 Å². The van der Waals surface area contributed by atoms with E-state index in [1.807, 2.05) is 12.1 Å². The summed E-state index contributed by atoms with van der Waals surface area (Å²) in [6, 6.07) is 7.14. The minimum absolute atomic E-state index is 0.482. The van der Waals surface area contributed by atoms with Gasteiger partial charge in [0, 0.05) is 29.9 Å². The minimum Gasteiger partial charge on any atom is -0.307 e. The topological polar surface area (TPSA) is 37.8 Å². The van der Waals surface area contributed by atoms with Crippen molar-refractivity contribution < 1.29 is 0 Å². The summed E-state index contributed by atoms with van der Waals surface area (Å²) in [5.41, 5.74) is 1.64. The Kier molecular flexibility index (Phi) is 4.78. The van der Waals surface area contributed by atoms with E-state index in [2.05, 4.69) is 15.5 Å². The Morgan fingerprint density at radius 3 is 2.50 bits per heavy atom. The van der Waals surface area contributed by atoms with Gasteiger partial charge in [-0.2, -0.15) is 10.2 Å². The molecule has 0 spiro atoms. The fraction of sp³-hybridized carbons (Fsp3) is 0.167. The molecule has 18 heavy (non-hydrogen) atoms. The summed E-state index contributed by atoms with van der Waals surface area (Å²) in [6.45, 7) is 1.11. The van der Waals surface area contributed by atoms with Gasteiger partial charge in [-0.15, -0.1) is 0 Å². The molecule has 2 aromatic rings. The van der Waals surface area contributed by atoms with E-state index >= 15 is 0 Å². The first-order valence-electron chi connectivity index (χ1n) is 5.28. The summed E-state index contributed by atoms with van der Waals surface area (Å²) in [5.74, 6) is 0. The van der Waals surface area contributed by atoms with Gasteiger partial charge in [-0.1, -0.05) is 34.8 Å². The predicted octanol–water partition coefficient (Wildman–Crippen LogP) is 3.73. The summed E-state index contributed by atoms with van der Waals surface area (Å²) in [5, 5.41) is 12.5. The fourth-order valence-electron chi connectivity index (χ4n) is 1.47. The highest BCUT2D eigenvalue weighted by molar-refractivity contribution is 6.44. The van der Waals surface area contributed by atoms with E-state index in [4.69, 9.17) is 34.8 Å². The number of rotatable bonds is 4. The summed E-state index contributed by atoms with van der Waals surface area (Å²) in [4.78, 5) is 0. The van der Waals surface area contributed by atoms with Crippen LogP contribution >= 0.6 is 34.8 Å². The molecular formula is C12H10Cl3N3. The number of nitrogens with zero attached hydrogens (tertiary/aromatic N) is 2. The molecule has 1 N–H and O–H groups in total.